The van der Waals surface area contributed by atoms with Crippen molar-refractivity contribution >= 4 is 17.5 Å². The van der Waals surface area contributed by atoms with Crippen LogP contribution in [0.15, 0.2) is 48.0 Å². The molecule has 1 N–H and O–H groups in total. The molecule has 2 aliphatic heterocycles. The summed E-state index contributed by atoms with van der Waals surface area (Å²) >= 11 is 0. The Kier molecular flexibility index (Phi) is 5.20. The Morgan fingerprint density at radius 2 is 2.21 bits per heavy atom. The number of amides is 2. The molecule has 4 rings (SSSR count). The van der Waals surface area contributed by atoms with Crippen LogP contribution < -0.4 is 5.32 Å². The van der Waals surface area contributed by atoms with E-state index in [1.54, 1.807) is 23.4 Å². The molecular weight excluding hydrogens is 377 g/mol. The number of likely N-dealkylation sites (tertiary alicyclic amines) is 1. The first kappa shape index (κ1) is 19.0. The van der Waals surface area contributed by atoms with Gasteiger partial charge in [-0.3, -0.25) is 14.6 Å². The fourth-order valence-electron chi connectivity index (χ4n) is 3.64. The maximum Gasteiger partial charge on any atom is 0.269 e. The minimum absolute atomic E-state index is 0.239. The van der Waals surface area contributed by atoms with Gasteiger partial charge in [-0.15, -0.1) is 0 Å². The van der Waals surface area contributed by atoms with E-state index in [0.29, 0.717) is 44.6 Å². The van der Waals surface area contributed by atoms with E-state index in [1.807, 2.05) is 6.07 Å². The highest BCUT2D eigenvalue weighted by molar-refractivity contribution is 6.39. The van der Waals surface area contributed by atoms with E-state index in [9.17, 15) is 14.0 Å². The van der Waals surface area contributed by atoms with Gasteiger partial charge in [-0.25, -0.2) is 4.98 Å². The maximum atomic E-state index is 13.4. The summed E-state index contributed by atoms with van der Waals surface area (Å²) in [5, 5.41) is 6.80. The monoisotopic (exact) mass is 397 g/mol. The van der Waals surface area contributed by atoms with Crippen LogP contribution in [0.5, 0.6) is 0 Å². The van der Waals surface area contributed by atoms with Gasteiger partial charge in [0, 0.05) is 49.7 Å². The fraction of sp³-hybridized carbons (Fsp3) is 0.350. The number of piperidine rings is 1. The molecule has 2 amide bonds. The molecule has 1 saturated heterocycles. The highest BCUT2D eigenvalue weighted by Gasteiger charge is 2.45. The summed E-state index contributed by atoms with van der Waals surface area (Å²) in [5.74, 6) is -1.29. The van der Waals surface area contributed by atoms with Crippen LogP contribution in [0.25, 0.3) is 0 Å². The Balaban J connectivity index is 1.37. The van der Waals surface area contributed by atoms with Gasteiger partial charge in [0.05, 0.1) is 6.54 Å². The molecule has 2 aliphatic rings. The number of carbonyl (C=O) groups is 2. The number of carbonyl (C=O) groups excluding carboxylic acids is 2. The number of rotatable bonds is 4. The molecule has 8 nitrogen and oxygen atoms in total. The minimum Gasteiger partial charge on any atom is -0.386 e. The fourth-order valence-corrected chi connectivity index (χ4v) is 3.64. The molecule has 0 saturated carbocycles. The number of aromatic nitrogens is 2. The summed E-state index contributed by atoms with van der Waals surface area (Å²) in [7, 11) is 0. The number of nitrogens with one attached hydrogen (secondary N) is 1. The smallest absolute Gasteiger partial charge is 0.269 e. The largest absolute Gasteiger partial charge is 0.386 e. The number of pyridine rings is 2. The third kappa shape index (κ3) is 4.23. The molecule has 150 valence electrons. The molecule has 0 bridgehead atoms. The van der Waals surface area contributed by atoms with Crippen molar-refractivity contribution in [3.05, 3.63) is 59.9 Å². The Bertz CT molecular complexity index is 952. The highest BCUT2D eigenvalue weighted by Crippen LogP contribution is 2.34. The molecule has 2 aromatic rings. The van der Waals surface area contributed by atoms with Crippen LogP contribution in [0.1, 0.15) is 35.2 Å². The molecule has 2 aromatic heterocycles. The van der Waals surface area contributed by atoms with E-state index in [4.69, 9.17) is 4.84 Å². The van der Waals surface area contributed by atoms with Gasteiger partial charge in [-0.1, -0.05) is 11.2 Å². The second-order valence-corrected chi connectivity index (χ2v) is 7.23. The van der Waals surface area contributed by atoms with E-state index in [-0.39, 0.29) is 17.4 Å². The topological polar surface area (TPSA) is 96.8 Å². The Morgan fingerprint density at radius 1 is 1.31 bits per heavy atom. The lowest BCUT2D eigenvalue weighted by molar-refractivity contribution is -0.115. The van der Waals surface area contributed by atoms with E-state index >= 15 is 0 Å². The SMILES string of the molecule is O=C(NCc1cccnc1)C1=NOC2(CCCN(C(=O)c3ccnc(F)c3)C2)C1. The normalized spacial score (nSPS) is 20.9. The zero-order valence-corrected chi connectivity index (χ0v) is 15.7. The van der Waals surface area contributed by atoms with Gasteiger partial charge in [0.25, 0.3) is 11.8 Å². The number of halogens is 1. The minimum atomic E-state index is -0.722. The number of nitrogens with zero attached hydrogens (tertiary/aromatic N) is 4. The molecule has 1 fully saturated rings. The van der Waals surface area contributed by atoms with Gasteiger partial charge in [0.15, 0.2) is 5.60 Å². The summed E-state index contributed by atoms with van der Waals surface area (Å²) in [6.07, 6.45) is 6.33. The van der Waals surface area contributed by atoms with E-state index in [0.717, 1.165) is 11.6 Å². The van der Waals surface area contributed by atoms with Crippen molar-refractivity contribution in [1.82, 2.24) is 20.2 Å². The van der Waals surface area contributed by atoms with Crippen LogP contribution in [-0.4, -0.2) is 51.1 Å². The predicted octanol–water partition coefficient (Wildman–Crippen LogP) is 1.68. The van der Waals surface area contributed by atoms with Gasteiger partial charge < -0.3 is 15.1 Å². The summed E-state index contributed by atoms with van der Waals surface area (Å²) < 4.78 is 13.4. The van der Waals surface area contributed by atoms with Crippen molar-refractivity contribution in [3.63, 3.8) is 0 Å². The summed E-state index contributed by atoms with van der Waals surface area (Å²) in [4.78, 5) is 39.9. The maximum absolute atomic E-state index is 13.4. The van der Waals surface area contributed by atoms with E-state index < -0.39 is 11.5 Å². The Labute approximate surface area is 166 Å². The first-order valence-corrected chi connectivity index (χ1v) is 9.38. The molecule has 29 heavy (non-hydrogen) atoms. The zero-order chi connectivity index (χ0) is 20.3. The molecular formula is C20H20FN5O3. The van der Waals surface area contributed by atoms with Crippen LogP contribution in [0.2, 0.25) is 0 Å². The quantitative estimate of drug-likeness (QED) is 0.792. The number of oxime groups is 1. The summed E-state index contributed by atoms with van der Waals surface area (Å²) in [6, 6.07) is 6.27. The number of hydrogen-bond donors (Lipinski definition) is 1. The molecule has 4 heterocycles. The predicted molar refractivity (Wildman–Crippen MR) is 101 cm³/mol. The van der Waals surface area contributed by atoms with Gasteiger partial charge >= 0.3 is 0 Å². The van der Waals surface area contributed by atoms with E-state index in [2.05, 4.69) is 20.4 Å². The van der Waals surface area contributed by atoms with Crippen molar-refractivity contribution in [2.45, 2.75) is 31.4 Å². The lowest BCUT2D eigenvalue weighted by atomic mass is 9.87. The third-order valence-corrected chi connectivity index (χ3v) is 5.08. The standard InChI is InChI=1S/C20H20FN5O3/c21-17-9-15(4-7-23-17)19(28)26-8-2-5-20(13-26)10-16(25-29-20)18(27)24-12-14-3-1-6-22-11-14/h1,3-4,6-7,9,11H,2,5,8,10,12-13H2,(H,24,27). The van der Waals surface area contributed by atoms with Gasteiger partial charge in [0.1, 0.15) is 5.71 Å². The molecule has 1 atom stereocenters. The lowest BCUT2D eigenvalue weighted by Gasteiger charge is -2.38. The van der Waals surface area contributed by atoms with Crippen molar-refractivity contribution in [1.29, 1.82) is 0 Å². The Hall–Kier alpha value is -3.36. The Morgan fingerprint density at radius 3 is 3.00 bits per heavy atom. The van der Waals surface area contributed by atoms with Gasteiger partial charge in [0.2, 0.25) is 5.95 Å². The van der Waals surface area contributed by atoms with Crippen LogP contribution in [0.3, 0.4) is 0 Å². The summed E-state index contributed by atoms with van der Waals surface area (Å²) in [5.41, 5.74) is 0.704. The summed E-state index contributed by atoms with van der Waals surface area (Å²) in [6.45, 7) is 1.17. The molecule has 0 radical (unpaired) electrons. The molecule has 9 heteroatoms. The average molecular weight is 397 g/mol. The van der Waals surface area contributed by atoms with Crippen molar-refractivity contribution in [3.8, 4) is 0 Å². The second kappa shape index (κ2) is 7.94. The molecule has 1 unspecified atom stereocenters. The first-order valence-electron chi connectivity index (χ1n) is 9.38. The zero-order valence-electron chi connectivity index (χ0n) is 15.7. The highest BCUT2D eigenvalue weighted by atomic mass is 19.1. The van der Waals surface area contributed by atoms with Crippen LogP contribution in [0, 0.1) is 5.95 Å². The first-order chi connectivity index (χ1) is 14.0. The molecule has 0 aromatic carbocycles. The molecule has 1 spiro atoms. The van der Waals surface area contributed by atoms with Crippen molar-refractivity contribution in [2.24, 2.45) is 5.16 Å². The van der Waals surface area contributed by atoms with Crippen LogP contribution >= 0.6 is 0 Å². The third-order valence-electron chi connectivity index (χ3n) is 5.08. The lowest BCUT2D eigenvalue weighted by Crippen LogP contribution is -2.51. The average Bonchev–Trinajstić information content (AvgIpc) is 3.15. The van der Waals surface area contributed by atoms with Gasteiger partial charge in [-0.2, -0.15) is 4.39 Å². The number of hydrogen-bond acceptors (Lipinski definition) is 6. The van der Waals surface area contributed by atoms with Crippen molar-refractivity contribution in [2.75, 3.05) is 13.1 Å². The van der Waals surface area contributed by atoms with Crippen LogP contribution in [0.4, 0.5) is 4.39 Å². The molecule has 0 aliphatic carbocycles. The van der Waals surface area contributed by atoms with Gasteiger partial charge in [-0.05, 0) is 30.5 Å². The van der Waals surface area contributed by atoms with Crippen LogP contribution in [-0.2, 0) is 16.2 Å². The van der Waals surface area contributed by atoms with Crippen molar-refractivity contribution < 1.29 is 18.8 Å². The van der Waals surface area contributed by atoms with E-state index in [1.165, 1.54) is 12.3 Å². The second-order valence-electron chi connectivity index (χ2n) is 7.23.